The number of carbonyl (C=O) groups excluding carboxylic acids is 1. The molecular formula is C14H13BrN2OS. The Morgan fingerprint density at radius 1 is 1.32 bits per heavy atom. The number of amides is 1. The van der Waals surface area contributed by atoms with Gasteiger partial charge in [0.2, 0.25) is 0 Å². The van der Waals surface area contributed by atoms with E-state index in [2.05, 4.69) is 25.8 Å². The Bertz CT molecular complexity index is 577. The van der Waals surface area contributed by atoms with Crippen molar-refractivity contribution in [3.63, 3.8) is 0 Å². The quantitative estimate of drug-likeness (QED) is 0.735. The molecule has 1 amide bonds. The van der Waals surface area contributed by atoms with Crippen molar-refractivity contribution in [2.45, 2.75) is 12.8 Å². The van der Waals surface area contributed by atoms with Crippen LogP contribution in [0, 0.1) is 0 Å². The molecule has 3 nitrogen and oxygen atoms in total. The van der Waals surface area contributed by atoms with Crippen LogP contribution in [0.25, 0.3) is 6.08 Å². The van der Waals surface area contributed by atoms with E-state index in [1.54, 1.807) is 0 Å². The average molecular weight is 337 g/mol. The summed E-state index contributed by atoms with van der Waals surface area (Å²) in [6, 6.07) is 7.91. The minimum absolute atomic E-state index is 0.119. The van der Waals surface area contributed by atoms with Crippen LogP contribution in [-0.2, 0) is 4.79 Å². The van der Waals surface area contributed by atoms with Gasteiger partial charge in [-0.25, -0.2) is 0 Å². The Kier molecular flexibility index (Phi) is 3.75. The van der Waals surface area contributed by atoms with Crippen LogP contribution in [0.1, 0.15) is 18.4 Å². The van der Waals surface area contributed by atoms with E-state index >= 15 is 0 Å². The van der Waals surface area contributed by atoms with Crippen LogP contribution in [-0.4, -0.2) is 29.1 Å². The van der Waals surface area contributed by atoms with Crippen LogP contribution in [0.3, 0.4) is 0 Å². The third-order valence-electron chi connectivity index (χ3n) is 3.13. The average Bonchev–Trinajstić information content (AvgIpc) is 3.00. The molecule has 0 saturated carbocycles. The second-order valence-corrected chi connectivity index (χ2v) is 6.48. The molecule has 0 radical (unpaired) electrons. The molecule has 0 unspecified atom stereocenters. The summed E-state index contributed by atoms with van der Waals surface area (Å²) in [4.78, 5) is 19.0. The van der Waals surface area contributed by atoms with Crippen molar-refractivity contribution >= 4 is 44.8 Å². The summed E-state index contributed by atoms with van der Waals surface area (Å²) in [5.41, 5.74) is 1.02. The molecule has 2 heterocycles. The standard InChI is InChI=1S/C14H13BrN2OS/c15-11-5-3-4-10(8-11)9-12-13(18)16-14(19-12)17-6-1-2-7-17/h3-5,8-9H,1-2,6-7H2/b12-9-. The van der Waals surface area contributed by atoms with Crippen molar-refractivity contribution < 1.29 is 4.79 Å². The number of carbonyl (C=O) groups is 1. The number of aliphatic imine (C=N–C) groups is 1. The number of amidine groups is 1. The van der Waals surface area contributed by atoms with E-state index in [-0.39, 0.29) is 5.91 Å². The van der Waals surface area contributed by atoms with Gasteiger partial charge in [-0.05, 0) is 48.4 Å². The minimum Gasteiger partial charge on any atom is -0.351 e. The number of benzene rings is 1. The lowest BCUT2D eigenvalue weighted by atomic mass is 10.2. The minimum atomic E-state index is -0.119. The molecule has 3 rings (SSSR count). The molecule has 0 spiro atoms. The first-order valence-electron chi connectivity index (χ1n) is 6.25. The Labute approximate surface area is 124 Å². The maximum absolute atomic E-state index is 11.9. The molecule has 98 valence electrons. The molecule has 0 aromatic heterocycles. The van der Waals surface area contributed by atoms with E-state index < -0.39 is 0 Å². The van der Waals surface area contributed by atoms with Gasteiger partial charge in [0.15, 0.2) is 5.17 Å². The third-order valence-corrected chi connectivity index (χ3v) is 4.67. The van der Waals surface area contributed by atoms with Gasteiger partial charge in [0, 0.05) is 17.6 Å². The topological polar surface area (TPSA) is 32.7 Å². The number of likely N-dealkylation sites (tertiary alicyclic amines) is 1. The molecule has 0 bridgehead atoms. The smallest absolute Gasteiger partial charge is 0.286 e. The van der Waals surface area contributed by atoms with Crippen LogP contribution in [0.4, 0.5) is 0 Å². The summed E-state index contributed by atoms with van der Waals surface area (Å²) >= 11 is 4.92. The van der Waals surface area contributed by atoms with Crippen molar-refractivity contribution in [1.29, 1.82) is 0 Å². The van der Waals surface area contributed by atoms with Gasteiger partial charge in [0.1, 0.15) is 0 Å². The van der Waals surface area contributed by atoms with Crippen molar-refractivity contribution in [3.05, 3.63) is 39.2 Å². The fourth-order valence-corrected chi connectivity index (χ4v) is 3.57. The molecule has 5 heteroatoms. The predicted octanol–water partition coefficient (Wildman–Crippen LogP) is 3.52. The number of nitrogens with zero attached hydrogens (tertiary/aromatic N) is 2. The first-order chi connectivity index (χ1) is 9.22. The monoisotopic (exact) mass is 336 g/mol. The Morgan fingerprint density at radius 3 is 2.84 bits per heavy atom. The molecular weight excluding hydrogens is 324 g/mol. The molecule has 1 aromatic carbocycles. The van der Waals surface area contributed by atoms with E-state index in [1.807, 2.05) is 30.3 Å². The van der Waals surface area contributed by atoms with Gasteiger partial charge in [0.25, 0.3) is 5.91 Å². The number of halogens is 1. The zero-order chi connectivity index (χ0) is 13.2. The number of thioether (sulfide) groups is 1. The number of rotatable bonds is 1. The summed E-state index contributed by atoms with van der Waals surface area (Å²) in [5.74, 6) is -0.119. The maximum atomic E-state index is 11.9. The number of hydrogen-bond donors (Lipinski definition) is 0. The summed E-state index contributed by atoms with van der Waals surface area (Å²) in [6.07, 6.45) is 4.29. The van der Waals surface area contributed by atoms with Crippen molar-refractivity contribution in [1.82, 2.24) is 4.90 Å². The zero-order valence-electron chi connectivity index (χ0n) is 10.3. The van der Waals surface area contributed by atoms with Crippen LogP contribution < -0.4 is 0 Å². The summed E-state index contributed by atoms with van der Waals surface area (Å²) < 4.78 is 1.01. The van der Waals surface area contributed by atoms with E-state index in [0.29, 0.717) is 4.91 Å². The van der Waals surface area contributed by atoms with Gasteiger partial charge >= 0.3 is 0 Å². The SMILES string of the molecule is O=C1N=C(N2CCCC2)S/C1=C\c1cccc(Br)c1. The lowest BCUT2D eigenvalue weighted by molar-refractivity contribution is -0.113. The Hall–Kier alpha value is -1.07. The van der Waals surface area contributed by atoms with Gasteiger partial charge in [-0.1, -0.05) is 28.1 Å². The van der Waals surface area contributed by atoms with Crippen molar-refractivity contribution in [2.75, 3.05) is 13.1 Å². The molecule has 0 N–H and O–H groups in total. The molecule has 19 heavy (non-hydrogen) atoms. The highest BCUT2D eigenvalue weighted by atomic mass is 79.9. The van der Waals surface area contributed by atoms with Crippen LogP contribution in [0.2, 0.25) is 0 Å². The van der Waals surface area contributed by atoms with E-state index in [4.69, 9.17) is 0 Å². The highest BCUT2D eigenvalue weighted by molar-refractivity contribution is 9.10. The van der Waals surface area contributed by atoms with Gasteiger partial charge in [-0.15, -0.1) is 0 Å². The third kappa shape index (κ3) is 2.92. The highest BCUT2D eigenvalue weighted by Crippen LogP contribution is 2.31. The van der Waals surface area contributed by atoms with E-state index in [0.717, 1.165) is 28.3 Å². The van der Waals surface area contributed by atoms with Crippen molar-refractivity contribution in [3.8, 4) is 0 Å². The summed E-state index contributed by atoms with van der Waals surface area (Å²) in [6.45, 7) is 2.03. The highest BCUT2D eigenvalue weighted by Gasteiger charge is 2.27. The van der Waals surface area contributed by atoms with Gasteiger partial charge in [-0.3, -0.25) is 4.79 Å². The molecule has 1 aromatic rings. The maximum Gasteiger partial charge on any atom is 0.286 e. The van der Waals surface area contributed by atoms with Crippen LogP contribution in [0.15, 0.2) is 38.6 Å². The van der Waals surface area contributed by atoms with Crippen LogP contribution >= 0.6 is 27.7 Å². The van der Waals surface area contributed by atoms with Gasteiger partial charge in [-0.2, -0.15) is 4.99 Å². The largest absolute Gasteiger partial charge is 0.351 e. The Balaban J connectivity index is 1.79. The predicted molar refractivity (Wildman–Crippen MR) is 83.0 cm³/mol. The van der Waals surface area contributed by atoms with Crippen molar-refractivity contribution in [2.24, 2.45) is 4.99 Å². The lowest BCUT2D eigenvalue weighted by Gasteiger charge is -2.14. The second-order valence-electron chi connectivity index (χ2n) is 4.56. The molecule has 0 atom stereocenters. The molecule has 1 fully saturated rings. The second kappa shape index (κ2) is 5.51. The molecule has 1 saturated heterocycles. The number of hydrogen-bond acceptors (Lipinski definition) is 3. The lowest BCUT2D eigenvalue weighted by Crippen LogP contribution is -2.23. The molecule has 2 aliphatic heterocycles. The summed E-state index contributed by atoms with van der Waals surface area (Å²) in [7, 11) is 0. The van der Waals surface area contributed by atoms with E-state index in [1.165, 1.54) is 24.6 Å². The fraction of sp³-hybridized carbons (Fsp3) is 0.286. The van der Waals surface area contributed by atoms with Crippen LogP contribution in [0.5, 0.6) is 0 Å². The van der Waals surface area contributed by atoms with E-state index in [9.17, 15) is 4.79 Å². The zero-order valence-corrected chi connectivity index (χ0v) is 12.7. The first kappa shape index (κ1) is 12.9. The normalized spacial score (nSPS) is 21.3. The van der Waals surface area contributed by atoms with Gasteiger partial charge in [0.05, 0.1) is 4.91 Å². The molecule has 0 aliphatic carbocycles. The summed E-state index contributed by atoms with van der Waals surface area (Å²) in [5, 5.41) is 0.865. The fourth-order valence-electron chi connectivity index (χ4n) is 2.19. The molecule has 2 aliphatic rings. The van der Waals surface area contributed by atoms with Gasteiger partial charge < -0.3 is 4.90 Å². The Morgan fingerprint density at radius 2 is 2.11 bits per heavy atom. The first-order valence-corrected chi connectivity index (χ1v) is 7.86.